The van der Waals surface area contributed by atoms with Gasteiger partial charge >= 0.3 is 0 Å². The maximum Gasteiger partial charge on any atom is 0.260 e. The van der Waals surface area contributed by atoms with E-state index in [1.807, 2.05) is 30.5 Å². The highest BCUT2D eigenvalue weighted by Crippen LogP contribution is 2.28. The number of halogens is 4. The molecule has 0 atom stereocenters. The van der Waals surface area contributed by atoms with Crippen molar-refractivity contribution in [3.63, 3.8) is 0 Å². The predicted octanol–water partition coefficient (Wildman–Crippen LogP) is 5.62. The molecule has 2 aromatic carbocycles. The summed E-state index contributed by atoms with van der Waals surface area (Å²) in [5.74, 6) is -0.643. The van der Waals surface area contributed by atoms with Crippen LogP contribution in [0.1, 0.15) is 17.0 Å². The molecule has 1 amide bonds. The number of carbonyl (C=O) groups excluding carboxylic acids is 1. The van der Waals surface area contributed by atoms with E-state index in [1.54, 1.807) is 12.1 Å². The van der Waals surface area contributed by atoms with Crippen LogP contribution in [0.15, 0.2) is 47.6 Å². The van der Waals surface area contributed by atoms with Crippen LogP contribution >= 0.6 is 46.4 Å². The number of hydrogen-bond donors (Lipinski definition) is 1. The molecule has 3 rings (SSSR count). The molecule has 0 bridgehead atoms. The highest BCUT2D eigenvalue weighted by molar-refractivity contribution is 7.92. The minimum Gasteiger partial charge on any atom is -0.318 e. The van der Waals surface area contributed by atoms with Gasteiger partial charge in [0.2, 0.25) is 10.0 Å². The normalized spacial score (nSPS) is 11.7. The first-order valence-corrected chi connectivity index (χ1v) is 13.1. The molecule has 180 valence electrons. The Bertz CT molecular complexity index is 1370. The third kappa shape index (κ3) is 6.25. The van der Waals surface area contributed by atoms with E-state index in [0.717, 1.165) is 33.2 Å². The Labute approximate surface area is 217 Å². The molecule has 1 N–H and O–H groups in total. The molecule has 0 aliphatic rings. The number of carbonyl (C=O) groups is 1. The molecular weight excluding hydrogens is 542 g/mol. The van der Waals surface area contributed by atoms with Gasteiger partial charge < -0.3 is 4.57 Å². The minimum absolute atomic E-state index is 0.171. The van der Waals surface area contributed by atoms with Crippen LogP contribution in [0.25, 0.3) is 5.69 Å². The van der Waals surface area contributed by atoms with Crippen LogP contribution in [-0.2, 0) is 14.8 Å². The van der Waals surface area contributed by atoms with Crippen molar-refractivity contribution in [2.45, 2.75) is 13.8 Å². The number of benzene rings is 2. The molecule has 0 aliphatic heterocycles. The standard InChI is InChI=1S/C22H20Cl4N4O3S/c1-13-6-15(14(2)30(13)18-4-5-20(25)21(26)10-18)11-27-28-22(31)12-29(34(3,32)33)19-8-16(23)7-17(24)9-19/h4-11H,12H2,1-3H3,(H,28,31)/b27-11-. The first-order valence-electron chi connectivity index (χ1n) is 9.77. The zero-order valence-electron chi connectivity index (χ0n) is 18.3. The Morgan fingerprint density at radius 2 is 1.68 bits per heavy atom. The second-order valence-electron chi connectivity index (χ2n) is 7.45. The second kappa shape index (κ2) is 10.6. The number of anilines is 1. The summed E-state index contributed by atoms with van der Waals surface area (Å²) in [6, 6.07) is 11.5. The number of amides is 1. The van der Waals surface area contributed by atoms with Crippen LogP contribution in [0.5, 0.6) is 0 Å². The summed E-state index contributed by atoms with van der Waals surface area (Å²) in [5.41, 5.74) is 5.89. The van der Waals surface area contributed by atoms with Crippen LogP contribution in [0.3, 0.4) is 0 Å². The van der Waals surface area contributed by atoms with Crippen LogP contribution in [-0.4, -0.2) is 37.9 Å². The highest BCUT2D eigenvalue weighted by Gasteiger charge is 2.21. The minimum atomic E-state index is -3.79. The van der Waals surface area contributed by atoms with Crippen molar-refractivity contribution in [2.75, 3.05) is 17.1 Å². The van der Waals surface area contributed by atoms with Crippen molar-refractivity contribution in [3.05, 3.63) is 79.5 Å². The number of hydrogen-bond acceptors (Lipinski definition) is 4. The van der Waals surface area contributed by atoms with E-state index >= 15 is 0 Å². The van der Waals surface area contributed by atoms with E-state index in [-0.39, 0.29) is 15.7 Å². The third-order valence-corrected chi connectivity index (χ3v) is 7.16. The number of aromatic nitrogens is 1. The molecule has 0 unspecified atom stereocenters. The highest BCUT2D eigenvalue weighted by atomic mass is 35.5. The van der Waals surface area contributed by atoms with Crippen molar-refractivity contribution in [1.29, 1.82) is 0 Å². The van der Waals surface area contributed by atoms with E-state index in [9.17, 15) is 13.2 Å². The van der Waals surface area contributed by atoms with Crippen molar-refractivity contribution in [1.82, 2.24) is 9.99 Å². The van der Waals surface area contributed by atoms with Gasteiger partial charge in [-0.1, -0.05) is 46.4 Å². The maximum absolute atomic E-state index is 12.5. The maximum atomic E-state index is 12.5. The summed E-state index contributed by atoms with van der Waals surface area (Å²) in [5, 5.41) is 5.37. The summed E-state index contributed by atoms with van der Waals surface area (Å²) in [6.07, 6.45) is 2.46. The first-order chi connectivity index (χ1) is 15.9. The van der Waals surface area contributed by atoms with E-state index in [2.05, 4.69) is 10.5 Å². The molecule has 0 radical (unpaired) electrons. The third-order valence-electron chi connectivity index (χ3n) is 4.85. The van der Waals surface area contributed by atoms with Gasteiger partial charge in [0.05, 0.1) is 28.2 Å². The van der Waals surface area contributed by atoms with E-state index < -0.39 is 22.5 Å². The van der Waals surface area contributed by atoms with Gasteiger partial charge in [0.15, 0.2) is 0 Å². The smallest absolute Gasteiger partial charge is 0.260 e. The van der Waals surface area contributed by atoms with Crippen molar-refractivity contribution in [2.24, 2.45) is 5.10 Å². The van der Waals surface area contributed by atoms with Crippen molar-refractivity contribution >= 4 is 74.2 Å². The van der Waals surface area contributed by atoms with Crippen LogP contribution < -0.4 is 9.73 Å². The van der Waals surface area contributed by atoms with Gasteiger partial charge in [-0.3, -0.25) is 9.10 Å². The van der Waals surface area contributed by atoms with Gasteiger partial charge in [-0.2, -0.15) is 5.10 Å². The van der Waals surface area contributed by atoms with Crippen molar-refractivity contribution < 1.29 is 13.2 Å². The predicted molar refractivity (Wildman–Crippen MR) is 140 cm³/mol. The molecule has 1 heterocycles. The summed E-state index contributed by atoms with van der Waals surface area (Å²) in [4.78, 5) is 12.5. The molecule has 1 aromatic heterocycles. The zero-order chi connectivity index (χ0) is 25.2. The van der Waals surface area contributed by atoms with Gasteiger partial charge in [0.1, 0.15) is 6.54 Å². The summed E-state index contributed by atoms with van der Waals surface area (Å²) in [6.45, 7) is 3.31. The monoisotopic (exact) mass is 560 g/mol. The fraction of sp³-hybridized carbons (Fsp3) is 0.182. The molecule has 0 aliphatic carbocycles. The number of aryl methyl sites for hydroxylation is 1. The molecule has 7 nitrogen and oxygen atoms in total. The summed E-state index contributed by atoms with van der Waals surface area (Å²) < 4.78 is 27.4. The number of sulfonamides is 1. The lowest BCUT2D eigenvalue weighted by molar-refractivity contribution is -0.119. The number of nitrogens with zero attached hydrogens (tertiary/aromatic N) is 3. The molecule has 12 heteroatoms. The van der Waals surface area contributed by atoms with E-state index in [4.69, 9.17) is 46.4 Å². The lowest BCUT2D eigenvalue weighted by Crippen LogP contribution is -2.39. The quantitative estimate of drug-likeness (QED) is 0.300. The number of rotatable bonds is 7. The lowest BCUT2D eigenvalue weighted by Gasteiger charge is -2.21. The topological polar surface area (TPSA) is 83.8 Å². The van der Waals surface area contributed by atoms with E-state index in [1.165, 1.54) is 24.4 Å². The number of hydrazone groups is 1. The fourth-order valence-corrected chi connectivity index (χ4v) is 5.01. The number of nitrogens with one attached hydrogen (secondary N) is 1. The van der Waals surface area contributed by atoms with E-state index in [0.29, 0.717) is 10.0 Å². The molecule has 34 heavy (non-hydrogen) atoms. The van der Waals surface area contributed by atoms with Crippen LogP contribution in [0.4, 0.5) is 5.69 Å². The zero-order valence-corrected chi connectivity index (χ0v) is 22.2. The van der Waals surface area contributed by atoms with Crippen molar-refractivity contribution in [3.8, 4) is 5.69 Å². The Hall–Kier alpha value is -2.23. The average Bonchev–Trinajstić information content (AvgIpc) is 3.00. The Kier molecular flexibility index (Phi) is 8.21. The Balaban J connectivity index is 1.77. The van der Waals surface area contributed by atoms with Gasteiger partial charge in [-0.05, 0) is 56.3 Å². The summed E-state index contributed by atoms with van der Waals surface area (Å²) in [7, 11) is -3.79. The Morgan fingerprint density at radius 1 is 1.03 bits per heavy atom. The second-order valence-corrected chi connectivity index (χ2v) is 11.0. The van der Waals surface area contributed by atoms with Gasteiger partial charge in [0.25, 0.3) is 5.91 Å². The van der Waals surface area contributed by atoms with Gasteiger partial charge in [-0.25, -0.2) is 13.8 Å². The molecule has 0 fully saturated rings. The summed E-state index contributed by atoms with van der Waals surface area (Å²) >= 11 is 24.1. The molecule has 0 saturated carbocycles. The average molecular weight is 562 g/mol. The lowest BCUT2D eigenvalue weighted by atomic mass is 10.2. The fourth-order valence-electron chi connectivity index (χ4n) is 3.36. The van der Waals surface area contributed by atoms with Gasteiger partial charge in [-0.15, -0.1) is 0 Å². The molecule has 3 aromatic rings. The first kappa shape index (κ1) is 26.4. The largest absolute Gasteiger partial charge is 0.318 e. The SMILES string of the molecule is Cc1cc(/C=N\NC(=O)CN(c2cc(Cl)cc(Cl)c2)S(C)(=O)=O)c(C)n1-c1ccc(Cl)c(Cl)c1. The van der Waals surface area contributed by atoms with Gasteiger partial charge in [0, 0.05) is 32.7 Å². The molecule has 0 saturated heterocycles. The molecule has 0 spiro atoms. The van der Waals surface area contributed by atoms with Crippen LogP contribution in [0, 0.1) is 13.8 Å². The Morgan fingerprint density at radius 3 is 2.26 bits per heavy atom. The van der Waals surface area contributed by atoms with Crippen LogP contribution in [0.2, 0.25) is 20.1 Å². The molecular formula is C22H20Cl4N4O3S.